The van der Waals surface area contributed by atoms with Crippen molar-refractivity contribution < 1.29 is 21.1 Å². The number of rotatable bonds is 5. The molecule has 1 aliphatic carbocycles. The van der Waals surface area contributed by atoms with E-state index in [4.69, 9.17) is 4.98 Å². The van der Waals surface area contributed by atoms with Crippen LogP contribution in [0.3, 0.4) is 0 Å². The van der Waals surface area contributed by atoms with Gasteiger partial charge in [0.2, 0.25) is 0 Å². The van der Waals surface area contributed by atoms with Crippen molar-refractivity contribution in [3.8, 4) is 11.4 Å². The summed E-state index contributed by atoms with van der Waals surface area (Å²) in [6, 6.07) is 32.1. The van der Waals surface area contributed by atoms with Crippen molar-refractivity contribution in [1.82, 2.24) is 20.2 Å². The first-order valence-electron chi connectivity index (χ1n) is 12.8. The van der Waals surface area contributed by atoms with Gasteiger partial charge >= 0.3 is 21.1 Å². The van der Waals surface area contributed by atoms with E-state index < -0.39 is 0 Å². The standard InChI is InChI=1S/C20H21N4.C12H10N.Pt/c1-20(2,17-11-5-6-13-21-17)18-12-7-10-16(22-18)19-14-8-3-4-9-15(14)23-24-19;1-3-7-11(8-4-1)13-12-9-5-2-6-10-12;/h5-7,10-13H,3-4,8-9H2,1-2H3;1-10H;/q2*-1;+2. The van der Waals surface area contributed by atoms with Crippen molar-refractivity contribution in [2.45, 2.75) is 44.9 Å². The van der Waals surface area contributed by atoms with Gasteiger partial charge in [0.05, 0.1) is 17.1 Å². The van der Waals surface area contributed by atoms with Gasteiger partial charge in [0.25, 0.3) is 0 Å². The Morgan fingerprint density at radius 1 is 0.711 bits per heavy atom. The maximum atomic E-state index is 4.93. The first kappa shape index (κ1) is 27.5. The van der Waals surface area contributed by atoms with E-state index in [9.17, 15) is 0 Å². The minimum atomic E-state index is -0.253. The molecule has 5 aromatic rings. The van der Waals surface area contributed by atoms with Crippen LogP contribution in [0.15, 0.2) is 103 Å². The second-order valence-electron chi connectivity index (χ2n) is 9.71. The van der Waals surface area contributed by atoms with Gasteiger partial charge in [-0.3, -0.25) is 9.97 Å². The van der Waals surface area contributed by atoms with Gasteiger partial charge in [-0.15, -0.1) is 11.4 Å². The monoisotopic (exact) mass is 680 g/mol. The summed E-state index contributed by atoms with van der Waals surface area (Å²) in [7, 11) is 0. The summed E-state index contributed by atoms with van der Waals surface area (Å²) in [6.45, 7) is 4.32. The summed E-state index contributed by atoms with van der Waals surface area (Å²) in [5.74, 6) is 0. The molecule has 3 heterocycles. The summed E-state index contributed by atoms with van der Waals surface area (Å²) in [6.07, 6.45) is 6.37. The second kappa shape index (κ2) is 12.8. The zero-order chi connectivity index (χ0) is 25.5. The molecular formula is C32H31N5Pt. The average molecular weight is 681 g/mol. The normalized spacial score (nSPS) is 12.4. The van der Waals surface area contributed by atoms with Crippen LogP contribution in [0.1, 0.15) is 49.3 Å². The number of pyridine rings is 2. The number of nitrogens with zero attached hydrogens (tertiary/aromatic N) is 5. The van der Waals surface area contributed by atoms with Crippen LogP contribution in [0, 0.1) is 0 Å². The first-order valence-corrected chi connectivity index (χ1v) is 12.8. The van der Waals surface area contributed by atoms with Crippen LogP contribution in [0.25, 0.3) is 16.7 Å². The number of aromatic nitrogens is 4. The first-order chi connectivity index (χ1) is 18.1. The number of aryl methyl sites for hydroxylation is 1. The number of benzene rings is 2. The van der Waals surface area contributed by atoms with E-state index in [2.05, 4.69) is 52.5 Å². The molecule has 6 heteroatoms. The van der Waals surface area contributed by atoms with Gasteiger partial charge in [0.15, 0.2) is 0 Å². The third-order valence-electron chi connectivity index (χ3n) is 6.70. The quantitative estimate of drug-likeness (QED) is 0.191. The van der Waals surface area contributed by atoms with Gasteiger partial charge in [-0.1, -0.05) is 78.5 Å². The topological polar surface area (TPSA) is 66.9 Å². The molecule has 38 heavy (non-hydrogen) atoms. The van der Waals surface area contributed by atoms with Crippen molar-refractivity contribution in [2.24, 2.45) is 0 Å². The Bertz CT molecular complexity index is 1380. The molecule has 5 nitrogen and oxygen atoms in total. The van der Waals surface area contributed by atoms with Crippen molar-refractivity contribution >= 4 is 11.4 Å². The minimum absolute atomic E-state index is 0. The van der Waals surface area contributed by atoms with E-state index in [0.717, 1.165) is 52.7 Å². The Morgan fingerprint density at radius 3 is 2.00 bits per heavy atom. The number of para-hydroxylation sites is 2. The van der Waals surface area contributed by atoms with E-state index in [-0.39, 0.29) is 26.5 Å². The summed E-state index contributed by atoms with van der Waals surface area (Å²) in [4.78, 5) is 9.45. The predicted molar refractivity (Wildman–Crippen MR) is 149 cm³/mol. The Kier molecular flexibility index (Phi) is 9.25. The molecule has 0 unspecified atom stereocenters. The molecule has 0 fully saturated rings. The fraction of sp³-hybridized carbons (Fsp3) is 0.219. The molecule has 0 radical (unpaired) electrons. The van der Waals surface area contributed by atoms with Crippen molar-refractivity contribution in [3.05, 3.63) is 131 Å². The largest absolute Gasteiger partial charge is 2.00 e. The van der Waals surface area contributed by atoms with Gasteiger partial charge < -0.3 is 15.5 Å². The third-order valence-corrected chi connectivity index (χ3v) is 6.70. The Labute approximate surface area is 239 Å². The summed E-state index contributed by atoms with van der Waals surface area (Å²) < 4.78 is 0. The molecule has 1 aliphatic rings. The minimum Gasteiger partial charge on any atom is -0.658 e. The van der Waals surface area contributed by atoms with Crippen LogP contribution in [0.4, 0.5) is 11.4 Å². The Balaban J connectivity index is 0.000000204. The molecule has 194 valence electrons. The average Bonchev–Trinajstić information content (AvgIpc) is 3.39. The second-order valence-corrected chi connectivity index (χ2v) is 9.71. The summed E-state index contributed by atoms with van der Waals surface area (Å²) in [5.41, 5.74) is 8.10. The van der Waals surface area contributed by atoms with Gasteiger partial charge in [-0.25, -0.2) is 0 Å². The van der Waals surface area contributed by atoms with Gasteiger partial charge in [-0.05, 0) is 69.4 Å². The zero-order valence-electron chi connectivity index (χ0n) is 21.7. The van der Waals surface area contributed by atoms with E-state index >= 15 is 0 Å². The Morgan fingerprint density at radius 2 is 1.34 bits per heavy atom. The van der Waals surface area contributed by atoms with E-state index in [1.165, 1.54) is 18.4 Å². The number of fused-ring (bicyclic) bond motifs is 1. The van der Waals surface area contributed by atoms with E-state index in [1.54, 1.807) is 0 Å². The molecule has 0 saturated carbocycles. The van der Waals surface area contributed by atoms with Crippen LogP contribution >= 0.6 is 0 Å². The molecule has 3 aromatic heterocycles. The summed E-state index contributed by atoms with van der Waals surface area (Å²) in [5, 5.41) is 13.3. The number of hydrogen-bond donors (Lipinski definition) is 0. The van der Waals surface area contributed by atoms with Gasteiger partial charge in [0.1, 0.15) is 0 Å². The van der Waals surface area contributed by atoms with Gasteiger partial charge in [-0.2, -0.15) is 0 Å². The predicted octanol–water partition coefficient (Wildman–Crippen LogP) is 7.72. The fourth-order valence-electron chi connectivity index (χ4n) is 4.56. The van der Waals surface area contributed by atoms with Crippen LogP contribution in [-0.2, 0) is 39.3 Å². The van der Waals surface area contributed by atoms with Crippen LogP contribution in [-0.4, -0.2) is 15.1 Å². The maximum absolute atomic E-state index is 4.93. The maximum Gasteiger partial charge on any atom is 2.00 e. The molecule has 0 atom stereocenters. The third kappa shape index (κ3) is 6.46. The molecule has 0 bridgehead atoms. The van der Waals surface area contributed by atoms with E-state index in [0.29, 0.717) is 0 Å². The summed E-state index contributed by atoms with van der Waals surface area (Å²) >= 11 is 0. The van der Waals surface area contributed by atoms with Crippen LogP contribution in [0.2, 0.25) is 0 Å². The smallest absolute Gasteiger partial charge is 0.658 e. The van der Waals surface area contributed by atoms with Crippen molar-refractivity contribution in [1.29, 1.82) is 0 Å². The Hall–Kier alpha value is -3.56. The van der Waals surface area contributed by atoms with Crippen molar-refractivity contribution in [2.75, 3.05) is 0 Å². The van der Waals surface area contributed by atoms with Crippen LogP contribution < -0.4 is 5.10 Å². The molecule has 6 rings (SSSR count). The molecule has 0 N–H and O–H groups in total. The molecular weight excluding hydrogens is 649 g/mol. The molecule has 2 aromatic carbocycles. The molecule has 0 spiro atoms. The molecule has 0 amide bonds. The fourth-order valence-corrected chi connectivity index (χ4v) is 4.56. The molecule has 0 saturated heterocycles. The number of hydrogen-bond acceptors (Lipinski definition) is 3. The van der Waals surface area contributed by atoms with Crippen molar-refractivity contribution in [3.63, 3.8) is 0 Å². The van der Waals surface area contributed by atoms with Crippen LogP contribution in [0.5, 0.6) is 0 Å². The van der Waals surface area contributed by atoms with Gasteiger partial charge in [0, 0.05) is 17.3 Å². The van der Waals surface area contributed by atoms with E-state index in [1.807, 2.05) is 85.1 Å². The molecule has 0 aliphatic heterocycles. The zero-order valence-corrected chi connectivity index (χ0v) is 24.0. The SMILES string of the molecule is CC(C)(c1ccccn1)c1cccc(-c2[n-]nc3c2CCCC3)n1.[Pt+2].c1ccc([N-]c2ccccc2)cc1.